The molecule has 0 radical (unpaired) electrons. The van der Waals surface area contributed by atoms with Gasteiger partial charge in [-0.1, -0.05) is 19.8 Å². The molecule has 0 atom stereocenters. The maximum absolute atomic E-state index is 12.1. The van der Waals surface area contributed by atoms with Gasteiger partial charge in [-0.05, 0) is 38.5 Å². The van der Waals surface area contributed by atoms with Crippen molar-refractivity contribution in [1.82, 2.24) is 15.5 Å². The molecule has 1 aromatic heterocycles. The predicted octanol–water partition coefficient (Wildman–Crippen LogP) is 2.39. The number of H-pyrrole nitrogens is 1. The number of hydrogen-bond donors (Lipinski definition) is 3. The van der Waals surface area contributed by atoms with Crippen molar-refractivity contribution >= 4 is 11.6 Å². The van der Waals surface area contributed by atoms with E-state index in [-0.39, 0.29) is 11.9 Å². The van der Waals surface area contributed by atoms with E-state index >= 15 is 0 Å². The second-order valence-corrected chi connectivity index (χ2v) is 5.59. The van der Waals surface area contributed by atoms with E-state index < -0.39 is 0 Å². The Labute approximate surface area is 114 Å². The minimum atomic E-state index is -0.152. The van der Waals surface area contributed by atoms with Crippen molar-refractivity contribution in [2.45, 2.75) is 58.4 Å². The third kappa shape index (κ3) is 3.28. The third-order valence-corrected chi connectivity index (χ3v) is 4.09. The number of aromatic nitrogens is 2. The SMILES string of the molecule is CCCC1CCC(NC(=O)c2n[nH]c(C)c2N)CC1. The molecule has 1 aromatic rings. The topological polar surface area (TPSA) is 83.8 Å². The Morgan fingerprint density at radius 1 is 1.42 bits per heavy atom. The number of carbonyl (C=O) groups is 1. The van der Waals surface area contributed by atoms with Crippen LogP contribution >= 0.6 is 0 Å². The number of nitrogens with one attached hydrogen (secondary N) is 2. The Bertz CT molecular complexity index is 433. The average Bonchev–Trinajstić information content (AvgIpc) is 2.73. The highest BCUT2D eigenvalue weighted by Gasteiger charge is 2.24. The van der Waals surface area contributed by atoms with E-state index in [0.29, 0.717) is 11.4 Å². The number of carbonyl (C=O) groups excluding carboxylic acids is 1. The van der Waals surface area contributed by atoms with Crippen molar-refractivity contribution < 1.29 is 4.79 Å². The standard InChI is InChI=1S/C14H24N4O/c1-3-4-10-5-7-11(8-6-10)16-14(19)13-12(15)9(2)17-18-13/h10-11H,3-8,15H2,1-2H3,(H,16,19)(H,17,18). The van der Waals surface area contributed by atoms with Crippen molar-refractivity contribution in [3.05, 3.63) is 11.4 Å². The highest BCUT2D eigenvalue weighted by atomic mass is 16.2. The van der Waals surface area contributed by atoms with Crippen molar-refractivity contribution in [3.8, 4) is 0 Å². The molecule has 1 heterocycles. The van der Waals surface area contributed by atoms with Gasteiger partial charge in [-0.15, -0.1) is 0 Å². The van der Waals surface area contributed by atoms with Crippen LogP contribution in [0.3, 0.4) is 0 Å². The van der Waals surface area contributed by atoms with Gasteiger partial charge in [0.2, 0.25) is 0 Å². The monoisotopic (exact) mass is 264 g/mol. The normalized spacial score (nSPS) is 23.3. The average molecular weight is 264 g/mol. The van der Waals surface area contributed by atoms with Crippen molar-refractivity contribution in [1.29, 1.82) is 0 Å². The smallest absolute Gasteiger partial charge is 0.274 e. The Morgan fingerprint density at radius 2 is 2.11 bits per heavy atom. The number of nitrogens with zero attached hydrogens (tertiary/aromatic N) is 1. The van der Waals surface area contributed by atoms with Crippen LogP contribution in [0.2, 0.25) is 0 Å². The van der Waals surface area contributed by atoms with Crippen molar-refractivity contribution in [2.75, 3.05) is 5.73 Å². The van der Waals surface area contributed by atoms with Crippen LogP contribution in [0, 0.1) is 12.8 Å². The van der Waals surface area contributed by atoms with Gasteiger partial charge in [0, 0.05) is 6.04 Å². The molecule has 0 aromatic carbocycles. The second-order valence-electron chi connectivity index (χ2n) is 5.59. The number of anilines is 1. The molecule has 0 aliphatic heterocycles. The first kappa shape index (κ1) is 13.9. The Balaban J connectivity index is 1.86. The van der Waals surface area contributed by atoms with Crippen LogP contribution in [0.25, 0.3) is 0 Å². The van der Waals surface area contributed by atoms with Crippen molar-refractivity contribution in [2.24, 2.45) is 5.92 Å². The molecular weight excluding hydrogens is 240 g/mol. The summed E-state index contributed by atoms with van der Waals surface area (Å²) in [6.07, 6.45) is 7.14. The van der Waals surface area contributed by atoms with Crippen LogP contribution in [-0.4, -0.2) is 22.1 Å². The molecule has 1 amide bonds. The second kappa shape index (κ2) is 6.08. The lowest BCUT2D eigenvalue weighted by atomic mass is 9.83. The van der Waals surface area contributed by atoms with Crippen LogP contribution in [0.15, 0.2) is 0 Å². The highest BCUT2D eigenvalue weighted by Crippen LogP contribution is 2.28. The van der Waals surface area contributed by atoms with Gasteiger partial charge in [-0.25, -0.2) is 0 Å². The predicted molar refractivity (Wildman–Crippen MR) is 75.9 cm³/mol. The number of rotatable bonds is 4. The maximum atomic E-state index is 12.1. The summed E-state index contributed by atoms with van der Waals surface area (Å²) in [5.74, 6) is 0.691. The molecule has 5 heteroatoms. The van der Waals surface area contributed by atoms with Gasteiger partial charge in [0.25, 0.3) is 5.91 Å². The van der Waals surface area contributed by atoms with Gasteiger partial charge in [-0.2, -0.15) is 5.10 Å². The number of nitrogen functional groups attached to an aromatic ring is 1. The van der Waals surface area contributed by atoms with E-state index in [2.05, 4.69) is 22.4 Å². The van der Waals surface area contributed by atoms with Crippen LogP contribution in [0.1, 0.15) is 61.6 Å². The molecule has 2 rings (SSSR count). The summed E-state index contributed by atoms with van der Waals surface area (Å²) in [5, 5.41) is 9.76. The summed E-state index contributed by atoms with van der Waals surface area (Å²) in [6.45, 7) is 4.05. The highest BCUT2D eigenvalue weighted by molar-refractivity contribution is 5.97. The lowest BCUT2D eigenvalue weighted by molar-refractivity contribution is 0.0917. The molecule has 1 saturated carbocycles. The third-order valence-electron chi connectivity index (χ3n) is 4.09. The Hall–Kier alpha value is -1.52. The van der Waals surface area contributed by atoms with Gasteiger partial charge >= 0.3 is 0 Å². The molecule has 0 bridgehead atoms. The van der Waals surface area contributed by atoms with Crippen LogP contribution in [0.5, 0.6) is 0 Å². The van der Waals surface area contributed by atoms with E-state index in [0.717, 1.165) is 24.5 Å². The lowest BCUT2D eigenvalue weighted by Crippen LogP contribution is -2.38. The molecule has 0 unspecified atom stereocenters. The van der Waals surface area contributed by atoms with Crippen LogP contribution in [0.4, 0.5) is 5.69 Å². The van der Waals surface area contributed by atoms with Gasteiger partial charge in [0.15, 0.2) is 5.69 Å². The first-order valence-corrected chi connectivity index (χ1v) is 7.23. The zero-order chi connectivity index (χ0) is 13.8. The first-order valence-electron chi connectivity index (χ1n) is 7.23. The van der Waals surface area contributed by atoms with Gasteiger partial charge < -0.3 is 11.1 Å². The Kier molecular flexibility index (Phi) is 4.45. The van der Waals surface area contributed by atoms with E-state index in [1.165, 1.54) is 25.7 Å². The van der Waals surface area contributed by atoms with E-state index in [4.69, 9.17) is 5.73 Å². The Morgan fingerprint density at radius 3 is 2.63 bits per heavy atom. The summed E-state index contributed by atoms with van der Waals surface area (Å²) in [4.78, 5) is 12.1. The molecule has 19 heavy (non-hydrogen) atoms. The zero-order valence-corrected chi connectivity index (χ0v) is 11.8. The van der Waals surface area contributed by atoms with E-state index in [1.54, 1.807) is 0 Å². The zero-order valence-electron chi connectivity index (χ0n) is 11.8. The minimum absolute atomic E-state index is 0.152. The minimum Gasteiger partial charge on any atom is -0.395 e. The van der Waals surface area contributed by atoms with E-state index in [1.807, 2.05) is 6.92 Å². The van der Waals surface area contributed by atoms with Crippen LogP contribution < -0.4 is 11.1 Å². The molecule has 1 aliphatic carbocycles. The number of nitrogens with two attached hydrogens (primary N) is 1. The summed E-state index contributed by atoms with van der Waals surface area (Å²) in [5.41, 5.74) is 7.35. The summed E-state index contributed by atoms with van der Waals surface area (Å²) in [7, 11) is 0. The fraction of sp³-hybridized carbons (Fsp3) is 0.714. The first-order chi connectivity index (χ1) is 9.11. The molecule has 0 saturated heterocycles. The van der Waals surface area contributed by atoms with Gasteiger partial charge in [0.1, 0.15) is 0 Å². The fourth-order valence-electron chi connectivity index (χ4n) is 2.87. The summed E-state index contributed by atoms with van der Waals surface area (Å²) in [6, 6.07) is 0.275. The summed E-state index contributed by atoms with van der Waals surface area (Å²) >= 11 is 0. The number of aryl methyl sites for hydroxylation is 1. The van der Waals surface area contributed by atoms with E-state index in [9.17, 15) is 4.79 Å². The van der Waals surface area contributed by atoms with Gasteiger partial charge in [0.05, 0.1) is 11.4 Å². The van der Waals surface area contributed by atoms with Crippen LogP contribution in [-0.2, 0) is 0 Å². The fourth-order valence-corrected chi connectivity index (χ4v) is 2.87. The molecule has 1 fully saturated rings. The largest absolute Gasteiger partial charge is 0.395 e. The van der Waals surface area contributed by atoms with Crippen molar-refractivity contribution in [3.63, 3.8) is 0 Å². The molecule has 106 valence electrons. The van der Waals surface area contributed by atoms with Gasteiger partial charge in [-0.3, -0.25) is 9.89 Å². The lowest BCUT2D eigenvalue weighted by Gasteiger charge is -2.28. The number of aromatic amines is 1. The molecule has 1 aliphatic rings. The molecular formula is C14H24N4O. The quantitative estimate of drug-likeness (QED) is 0.780. The molecule has 4 N–H and O–H groups in total. The number of amides is 1. The molecule has 5 nitrogen and oxygen atoms in total. The maximum Gasteiger partial charge on any atom is 0.274 e. The molecule has 0 spiro atoms. The summed E-state index contributed by atoms with van der Waals surface area (Å²) < 4.78 is 0. The number of hydrogen-bond acceptors (Lipinski definition) is 3.